The van der Waals surface area contributed by atoms with Crippen molar-refractivity contribution < 1.29 is 18.7 Å². The molecule has 0 N–H and O–H groups in total. The zero-order valence-corrected chi connectivity index (χ0v) is 20.8. The van der Waals surface area contributed by atoms with Gasteiger partial charge in [0.2, 0.25) is 0 Å². The van der Waals surface area contributed by atoms with Crippen molar-refractivity contribution in [3.8, 4) is 5.75 Å². The molecular formula is C26H30Cl2FNO3. The summed E-state index contributed by atoms with van der Waals surface area (Å²) in [5, 5.41) is 1.10. The number of ether oxygens (including phenoxy) is 2. The number of hydrogen-bond acceptors (Lipinski definition) is 4. The minimum Gasteiger partial charge on any atom is -0.489 e. The maximum Gasteiger partial charge on any atom is 0.341 e. The van der Waals surface area contributed by atoms with E-state index >= 15 is 0 Å². The van der Waals surface area contributed by atoms with Gasteiger partial charge in [0.05, 0.1) is 10.6 Å². The van der Waals surface area contributed by atoms with Crippen molar-refractivity contribution in [2.75, 3.05) is 13.1 Å². The largest absolute Gasteiger partial charge is 0.489 e. The van der Waals surface area contributed by atoms with E-state index in [0.717, 1.165) is 49.9 Å². The van der Waals surface area contributed by atoms with Gasteiger partial charge in [-0.25, -0.2) is 9.18 Å². The zero-order valence-electron chi connectivity index (χ0n) is 19.3. The van der Waals surface area contributed by atoms with Crippen LogP contribution in [-0.2, 0) is 11.3 Å². The second-order valence-corrected chi connectivity index (χ2v) is 10.8. The molecule has 0 spiro atoms. The van der Waals surface area contributed by atoms with Crippen LogP contribution in [0.3, 0.4) is 0 Å². The molecule has 1 saturated carbocycles. The topological polar surface area (TPSA) is 38.8 Å². The molecule has 0 bridgehead atoms. The van der Waals surface area contributed by atoms with Gasteiger partial charge in [0, 0.05) is 24.7 Å². The lowest BCUT2D eigenvalue weighted by Gasteiger charge is -2.33. The lowest BCUT2D eigenvalue weighted by molar-refractivity contribution is 0.00644. The summed E-state index contributed by atoms with van der Waals surface area (Å²) in [6, 6.07) is 8.50. The molecule has 4 rings (SSSR count). The molecule has 33 heavy (non-hydrogen) atoms. The van der Waals surface area contributed by atoms with Crippen molar-refractivity contribution in [2.24, 2.45) is 0 Å². The standard InChI is InChI=1S/C26H30Cl2FNO3/c1-26(2,3)33-25(31)21-14-20(16-4-5-16)17(12-23(21)29)15-30-10-8-19(9-11-30)32-24-7-6-18(27)13-22(24)28/h6-7,12-14,16,19H,4-5,8-11,15H2,1-3H3. The van der Waals surface area contributed by atoms with Crippen molar-refractivity contribution in [3.63, 3.8) is 0 Å². The number of likely N-dealkylation sites (tertiary alicyclic amines) is 1. The Morgan fingerprint density at radius 1 is 1.09 bits per heavy atom. The van der Waals surface area contributed by atoms with Gasteiger partial charge in [-0.15, -0.1) is 0 Å². The summed E-state index contributed by atoms with van der Waals surface area (Å²) in [7, 11) is 0. The summed E-state index contributed by atoms with van der Waals surface area (Å²) < 4.78 is 26.4. The molecular weight excluding hydrogens is 464 g/mol. The Balaban J connectivity index is 1.41. The predicted molar refractivity (Wildman–Crippen MR) is 129 cm³/mol. The Kier molecular flexibility index (Phi) is 7.23. The average Bonchev–Trinajstić information content (AvgIpc) is 3.55. The van der Waals surface area contributed by atoms with Gasteiger partial charge >= 0.3 is 5.97 Å². The molecule has 2 aliphatic rings. The second-order valence-electron chi connectivity index (χ2n) is 9.98. The fourth-order valence-electron chi connectivity index (χ4n) is 4.21. The van der Waals surface area contributed by atoms with Crippen molar-refractivity contribution in [1.29, 1.82) is 0 Å². The van der Waals surface area contributed by atoms with E-state index in [1.807, 2.05) is 0 Å². The van der Waals surface area contributed by atoms with Crippen molar-refractivity contribution >= 4 is 29.2 Å². The van der Waals surface area contributed by atoms with Crippen LogP contribution in [0, 0.1) is 5.82 Å². The van der Waals surface area contributed by atoms with Crippen LogP contribution in [-0.4, -0.2) is 35.7 Å². The molecule has 0 radical (unpaired) electrons. The van der Waals surface area contributed by atoms with Crippen LogP contribution in [0.25, 0.3) is 0 Å². The molecule has 0 amide bonds. The molecule has 0 aromatic heterocycles. The maximum absolute atomic E-state index is 14.9. The van der Waals surface area contributed by atoms with Crippen LogP contribution < -0.4 is 4.74 Å². The van der Waals surface area contributed by atoms with Gasteiger partial charge < -0.3 is 9.47 Å². The Labute approximate surface area is 205 Å². The van der Waals surface area contributed by atoms with Gasteiger partial charge in [0.1, 0.15) is 23.3 Å². The Bertz CT molecular complexity index is 1020. The highest BCUT2D eigenvalue weighted by Gasteiger charge is 2.31. The summed E-state index contributed by atoms with van der Waals surface area (Å²) in [4.78, 5) is 14.8. The van der Waals surface area contributed by atoms with E-state index < -0.39 is 17.4 Å². The predicted octanol–water partition coefficient (Wildman–Crippen LogP) is 7.01. The molecule has 0 unspecified atom stereocenters. The molecule has 178 valence electrons. The van der Waals surface area contributed by atoms with Crippen molar-refractivity contribution in [1.82, 2.24) is 4.90 Å². The molecule has 4 nitrogen and oxygen atoms in total. The van der Waals surface area contributed by atoms with Crippen molar-refractivity contribution in [3.05, 3.63) is 62.9 Å². The monoisotopic (exact) mass is 493 g/mol. The van der Waals surface area contributed by atoms with E-state index in [1.54, 1.807) is 45.0 Å². The van der Waals surface area contributed by atoms with Gasteiger partial charge in [-0.3, -0.25) is 4.90 Å². The Hall–Kier alpha value is -1.82. The lowest BCUT2D eigenvalue weighted by atomic mass is 9.97. The second kappa shape index (κ2) is 9.81. The molecule has 2 aromatic rings. The summed E-state index contributed by atoms with van der Waals surface area (Å²) in [6.45, 7) is 7.70. The third kappa shape index (κ3) is 6.40. The third-order valence-corrected chi connectivity index (χ3v) is 6.51. The van der Waals surface area contributed by atoms with Gasteiger partial charge in [-0.2, -0.15) is 0 Å². The number of benzene rings is 2. The highest BCUT2D eigenvalue weighted by Crippen LogP contribution is 2.43. The first-order valence-electron chi connectivity index (χ1n) is 11.5. The van der Waals surface area contributed by atoms with Crippen LogP contribution in [0.5, 0.6) is 5.75 Å². The minimum absolute atomic E-state index is 0.0301. The number of halogens is 3. The molecule has 2 aromatic carbocycles. The molecule has 0 atom stereocenters. The molecule has 2 fully saturated rings. The number of piperidine rings is 1. The van der Waals surface area contributed by atoms with E-state index in [4.69, 9.17) is 32.7 Å². The molecule has 1 saturated heterocycles. The van der Waals surface area contributed by atoms with Crippen LogP contribution in [0.15, 0.2) is 30.3 Å². The Morgan fingerprint density at radius 3 is 2.39 bits per heavy atom. The van der Waals surface area contributed by atoms with Crippen LogP contribution in [0.4, 0.5) is 4.39 Å². The number of carbonyl (C=O) groups is 1. The van der Waals surface area contributed by atoms with E-state index in [-0.39, 0.29) is 11.7 Å². The van der Waals surface area contributed by atoms with Crippen LogP contribution in [0.2, 0.25) is 10.0 Å². The van der Waals surface area contributed by atoms with Gasteiger partial charge in [0.25, 0.3) is 0 Å². The zero-order chi connectivity index (χ0) is 23.8. The summed E-state index contributed by atoms with van der Waals surface area (Å²) >= 11 is 12.2. The normalized spacial score (nSPS) is 17.8. The smallest absolute Gasteiger partial charge is 0.341 e. The van der Waals surface area contributed by atoms with Gasteiger partial charge in [0.15, 0.2) is 0 Å². The quantitative estimate of drug-likeness (QED) is 0.405. The van der Waals surface area contributed by atoms with Gasteiger partial charge in [-0.05, 0) is 93.8 Å². The average molecular weight is 494 g/mol. The maximum atomic E-state index is 14.9. The molecule has 7 heteroatoms. The fraction of sp³-hybridized carbons (Fsp3) is 0.500. The molecule has 1 heterocycles. The number of esters is 1. The highest BCUT2D eigenvalue weighted by atomic mass is 35.5. The van der Waals surface area contributed by atoms with E-state index in [1.165, 1.54) is 6.07 Å². The summed E-state index contributed by atoms with van der Waals surface area (Å²) in [5.74, 6) is -0.0726. The van der Waals surface area contributed by atoms with Crippen LogP contribution >= 0.6 is 23.2 Å². The molecule has 1 aliphatic heterocycles. The number of rotatable bonds is 6. The minimum atomic E-state index is -0.662. The first kappa shape index (κ1) is 24.3. The van der Waals surface area contributed by atoms with Crippen molar-refractivity contribution in [2.45, 2.75) is 70.6 Å². The first-order chi connectivity index (χ1) is 15.6. The first-order valence-corrected chi connectivity index (χ1v) is 12.2. The number of carbonyl (C=O) groups excluding carboxylic acids is 1. The fourth-order valence-corrected chi connectivity index (χ4v) is 4.66. The summed E-state index contributed by atoms with van der Waals surface area (Å²) in [5.41, 5.74) is 1.40. The van der Waals surface area contributed by atoms with E-state index in [0.29, 0.717) is 28.3 Å². The lowest BCUT2D eigenvalue weighted by Crippen LogP contribution is -2.38. The summed E-state index contributed by atoms with van der Waals surface area (Å²) in [6.07, 6.45) is 3.94. The SMILES string of the molecule is CC(C)(C)OC(=O)c1cc(C2CC2)c(CN2CCC(Oc3ccc(Cl)cc3Cl)CC2)cc1F. The highest BCUT2D eigenvalue weighted by molar-refractivity contribution is 6.35. The number of nitrogens with zero attached hydrogens (tertiary/aromatic N) is 1. The Morgan fingerprint density at radius 2 is 1.79 bits per heavy atom. The van der Waals surface area contributed by atoms with Crippen LogP contribution in [0.1, 0.15) is 73.9 Å². The van der Waals surface area contributed by atoms with E-state index in [9.17, 15) is 9.18 Å². The third-order valence-electron chi connectivity index (χ3n) is 5.98. The van der Waals surface area contributed by atoms with Gasteiger partial charge in [-0.1, -0.05) is 23.2 Å². The van der Waals surface area contributed by atoms with E-state index in [2.05, 4.69) is 4.90 Å². The molecule has 1 aliphatic carbocycles. The number of hydrogen-bond donors (Lipinski definition) is 0.